The van der Waals surface area contributed by atoms with Crippen LogP contribution in [-0.2, 0) is 4.79 Å². The lowest BCUT2D eigenvalue weighted by molar-refractivity contribution is -0.118. The Morgan fingerprint density at radius 2 is 1.83 bits per heavy atom. The molecule has 122 valence electrons. The van der Waals surface area contributed by atoms with Crippen molar-refractivity contribution in [1.82, 2.24) is 4.98 Å². The highest BCUT2D eigenvalue weighted by Crippen LogP contribution is 2.36. The minimum absolute atomic E-state index is 0.0878. The molecule has 0 atom stereocenters. The van der Waals surface area contributed by atoms with E-state index in [1.165, 1.54) is 12.1 Å². The van der Waals surface area contributed by atoms with Crippen LogP contribution in [0.5, 0.6) is 5.75 Å². The summed E-state index contributed by atoms with van der Waals surface area (Å²) in [5.74, 6) is -0.834. The zero-order valence-corrected chi connectivity index (χ0v) is 14.5. The third-order valence-electron chi connectivity index (χ3n) is 2.92. The molecule has 0 saturated heterocycles. The number of aryl methyl sites for hydroxylation is 2. The molecule has 0 radical (unpaired) electrons. The minimum atomic E-state index is -0.567. The zero-order valence-electron chi connectivity index (χ0n) is 12.2. The number of nitrogens with one attached hydrogen (secondary N) is 1. The van der Waals surface area contributed by atoms with Gasteiger partial charge in [0.25, 0.3) is 5.91 Å². The molecule has 1 aromatic heterocycles. The van der Waals surface area contributed by atoms with Crippen LogP contribution in [0.15, 0.2) is 18.2 Å². The number of carbonyl (C=O) groups excluding carboxylic acids is 1. The zero-order chi connectivity index (χ0) is 17.1. The maximum Gasteiger partial charge on any atom is 0.262 e. The van der Waals surface area contributed by atoms with Crippen LogP contribution in [0.25, 0.3) is 0 Å². The lowest BCUT2D eigenvalue weighted by atomic mass is 10.3. The van der Waals surface area contributed by atoms with Crippen molar-refractivity contribution in [2.45, 2.75) is 13.8 Å². The van der Waals surface area contributed by atoms with E-state index in [1.807, 2.05) is 0 Å². The fraction of sp³-hybridized carbons (Fsp3) is 0.200. The molecule has 1 aromatic carbocycles. The van der Waals surface area contributed by atoms with Crippen molar-refractivity contribution in [3.05, 3.63) is 50.5 Å². The average Bonchev–Trinajstić information content (AvgIpc) is 2.49. The molecule has 0 aliphatic carbocycles. The van der Waals surface area contributed by atoms with Crippen LogP contribution >= 0.6 is 34.8 Å². The molecule has 1 N–H and O–H groups in total. The summed E-state index contributed by atoms with van der Waals surface area (Å²) in [6, 6.07) is 3.84. The first-order valence-corrected chi connectivity index (χ1v) is 7.63. The molecule has 0 spiro atoms. The number of hydrogen-bond donors (Lipinski definition) is 1. The van der Waals surface area contributed by atoms with E-state index in [9.17, 15) is 9.18 Å². The van der Waals surface area contributed by atoms with E-state index in [0.717, 1.165) is 6.07 Å². The van der Waals surface area contributed by atoms with Gasteiger partial charge in [-0.25, -0.2) is 4.39 Å². The Labute approximate surface area is 147 Å². The Kier molecular flexibility index (Phi) is 5.68. The number of carbonyl (C=O) groups is 1. The van der Waals surface area contributed by atoms with Crippen LogP contribution in [-0.4, -0.2) is 17.5 Å². The Bertz CT molecular complexity index is 743. The van der Waals surface area contributed by atoms with Crippen LogP contribution < -0.4 is 10.1 Å². The predicted octanol–water partition coefficient (Wildman–Crippen LogP) is 4.82. The van der Waals surface area contributed by atoms with Crippen molar-refractivity contribution in [2.75, 3.05) is 11.9 Å². The van der Waals surface area contributed by atoms with Crippen molar-refractivity contribution in [1.29, 1.82) is 0 Å². The highest BCUT2D eigenvalue weighted by Gasteiger charge is 2.16. The van der Waals surface area contributed by atoms with Crippen LogP contribution in [0.1, 0.15) is 11.4 Å². The van der Waals surface area contributed by atoms with Gasteiger partial charge in [0, 0.05) is 5.69 Å². The summed E-state index contributed by atoms with van der Waals surface area (Å²) in [4.78, 5) is 16.1. The van der Waals surface area contributed by atoms with E-state index < -0.39 is 11.7 Å². The first-order chi connectivity index (χ1) is 10.8. The third kappa shape index (κ3) is 4.25. The van der Waals surface area contributed by atoms with E-state index >= 15 is 0 Å². The van der Waals surface area contributed by atoms with Gasteiger partial charge in [-0.1, -0.05) is 34.8 Å². The lowest BCUT2D eigenvalue weighted by Crippen LogP contribution is -2.20. The first-order valence-electron chi connectivity index (χ1n) is 6.49. The van der Waals surface area contributed by atoms with Gasteiger partial charge in [0.15, 0.2) is 12.4 Å². The van der Waals surface area contributed by atoms with Gasteiger partial charge in [0.2, 0.25) is 0 Å². The Morgan fingerprint density at radius 1 is 1.22 bits per heavy atom. The summed E-state index contributed by atoms with van der Waals surface area (Å²) >= 11 is 17.8. The van der Waals surface area contributed by atoms with Gasteiger partial charge in [0.1, 0.15) is 15.9 Å². The van der Waals surface area contributed by atoms with Gasteiger partial charge in [-0.3, -0.25) is 9.78 Å². The second-order valence-corrected chi connectivity index (χ2v) is 5.87. The number of nitrogens with zero attached hydrogens (tertiary/aromatic N) is 1. The number of pyridine rings is 1. The van der Waals surface area contributed by atoms with Crippen molar-refractivity contribution in [2.24, 2.45) is 0 Å². The molecule has 1 heterocycles. The number of hydrogen-bond acceptors (Lipinski definition) is 3. The van der Waals surface area contributed by atoms with Gasteiger partial charge in [-0.05, 0) is 32.0 Å². The Hall–Kier alpha value is -1.56. The minimum Gasteiger partial charge on any atom is -0.480 e. The Morgan fingerprint density at radius 3 is 2.39 bits per heavy atom. The molecule has 0 fully saturated rings. The summed E-state index contributed by atoms with van der Waals surface area (Å²) in [6.45, 7) is 3.09. The topological polar surface area (TPSA) is 51.2 Å². The number of rotatable bonds is 4. The second kappa shape index (κ2) is 7.34. The van der Waals surface area contributed by atoms with Crippen molar-refractivity contribution in [3.63, 3.8) is 0 Å². The number of ether oxygens (including phenoxy) is 1. The predicted molar refractivity (Wildman–Crippen MR) is 89.3 cm³/mol. The molecule has 8 heteroatoms. The van der Waals surface area contributed by atoms with E-state index in [1.54, 1.807) is 13.8 Å². The molecule has 1 amide bonds. The van der Waals surface area contributed by atoms with Gasteiger partial charge in [-0.2, -0.15) is 0 Å². The fourth-order valence-electron chi connectivity index (χ4n) is 1.81. The van der Waals surface area contributed by atoms with E-state index in [-0.39, 0.29) is 27.4 Å². The fourth-order valence-corrected chi connectivity index (χ4v) is 2.42. The van der Waals surface area contributed by atoms with Crippen molar-refractivity contribution >= 4 is 46.4 Å². The molecular weight excluding hydrogens is 366 g/mol. The van der Waals surface area contributed by atoms with Crippen molar-refractivity contribution < 1.29 is 13.9 Å². The molecule has 4 nitrogen and oxygen atoms in total. The van der Waals surface area contributed by atoms with Crippen LogP contribution in [0.3, 0.4) is 0 Å². The molecule has 2 aromatic rings. The summed E-state index contributed by atoms with van der Waals surface area (Å²) in [5.41, 5.74) is 1.45. The van der Waals surface area contributed by atoms with Gasteiger partial charge in [0.05, 0.1) is 16.4 Å². The lowest BCUT2D eigenvalue weighted by Gasteiger charge is -2.13. The molecule has 2 rings (SSSR count). The van der Waals surface area contributed by atoms with E-state index in [4.69, 9.17) is 39.5 Å². The third-order valence-corrected chi connectivity index (χ3v) is 4.10. The number of benzene rings is 1. The van der Waals surface area contributed by atoms with Gasteiger partial charge in [-0.15, -0.1) is 0 Å². The summed E-state index contributed by atoms with van der Waals surface area (Å²) in [5, 5.41) is 2.94. The standard InChI is InChI=1S/C15H12Cl3FN2O2/c1-7-13(17)15(14(18)8(2)20-7)23-6-12(22)21-9-3-4-11(19)10(16)5-9/h3-5H,6H2,1-2H3,(H,21,22). The average molecular weight is 378 g/mol. The van der Waals surface area contributed by atoms with Crippen LogP contribution in [0.2, 0.25) is 15.1 Å². The number of anilines is 1. The molecule has 0 bridgehead atoms. The SMILES string of the molecule is Cc1nc(C)c(Cl)c(OCC(=O)Nc2ccc(F)c(Cl)c2)c1Cl. The number of halogens is 4. The first kappa shape index (κ1) is 17.8. The quantitative estimate of drug-likeness (QED) is 0.831. The van der Waals surface area contributed by atoms with Crippen LogP contribution in [0, 0.1) is 19.7 Å². The molecular formula is C15H12Cl3FN2O2. The summed E-state index contributed by atoms with van der Waals surface area (Å²) < 4.78 is 18.5. The van der Waals surface area contributed by atoms with Crippen molar-refractivity contribution in [3.8, 4) is 5.75 Å². The summed E-state index contributed by atoms with van der Waals surface area (Å²) in [6.07, 6.45) is 0. The molecule has 23 heavy (non-hydrogen) atoms. The molecule has 0 aliphatic heterocycles. The molecule has 0 saturated carbocycles. The van der Waals surface area contributed by atoms with E-state index in [0.29, 0.717) is 17.1 Å². The monoisotopic (exact) mass is 376 g/mol. The van der Waals surface area contributed by atoms with Gasteiger partial charge >= 0.3 is 0 Å². The highest BCUT2D eigenvalue weighted by molar-refractivity contribution is 6.37. The van der Waals surface area contributed by atoms with Gasteiger partial charge < -0.3 is 10.1 Å². The highest BCUT2D eigenvalue weighted by atomic mass is 35.5. The largest absolute Gasteiger partial charge is 0.480 e. The smallest absolute Gasteiger partial charge is 0.262 e. The maximum atomic E-state index is 13.1. The Balaban J connectivity index is 2.06. The summed E-state index contributed by atoms with van der Waals surface area (Å²) in [7, 11) is 0. The second-order valence-electron chi connectivity index (χ2n) is 4.71. The number of aromatic nitrogens is 1. The van der Waals surface area contributed by atoms with Crippen LogP contribution in [0.4, 0.5) is 10.1 Å². The normalized spacial score (nSPS) is 10.5. The molecule has 0 aliphatic rings. The maximum absolute atomic E-state index is 13.1. The van der Waals surface area contributed by atoms with E-state index in [2.05, 4.69) is 10.3 Å². The molecule has 0 unspecified atom stereocenters. The number of amides is 1.